The highest BCUT2D eigenvalue weighted by Gasteiger charge is 2.21. The molecule has 3 heteroatoms. The molecular formula is C3H2BO2. The molecule has 1 saturated heterocycles. The molecule has 0 aromatic carbocycles. The molecule has 0 unspecified atom stereocenters. The normalized spacial score (nSPS) is 18.0. The molecule has 1 radical (unpaired) electrons. The van der Waals surface area contributed by atoms with Gasteiger partial charge in [0, 0.05) is 0 Å². The predicted octanol–water partition coefficient (Wildman–Crippen LogP) is 0.312. The molecule has 0 amide bonds. The number of carbonyl (C=O) groups excluding carboxylic acids is 1. The lowest BCUT2D eigenvalue weighted by Crippen LogP contribution is -2.26. The monoisotopic (exact) mass is 81.0 g/mol. The van der Waals surface area contributed by atoms with Crippen LogP contribution in [0.4, 0.5) is 4.79 Å². The van der Waals surface area contributed by atoms with Crippen molar-refractivity contribution < 1.29 is 9.53 Å². The highest BCUT2D eigenvalue weighted by Crippen LogP contribution is 2.04. The Morgan fingerprint density at radius 1 is 1.83 bits per heavy atom. The van der Waals surface area contributed by atoms with Crippen LogP contribution in [0.25, 0.3) is 0 Å². The molecule has 0 aliphatic carbocycles. The van der Waals surface area contributed by atoms with Gasteiger partial charge in [-0.05, 0) is 0 Å². The summed E-state index contributed by atoms with van der Waals surface area (Å²) in [7, 11) is 1.33. The molecule has 0 spiro atoms. The summed E-state index contributed by atoms with van der Waals surface area (Å²) < 4.78 is 4.25. The van der Waals surface area contributed by atoms with E-state index in [0.717, 1.165) is 0 Å². The van der Waals surface area contributed by atoms with Crippen LogP contribution in [-0.4, -0.2) is 13.1 Å². The van der Waals surface area contributed by atoms with Gasteiger partial charge in [0.1, 0.15) is 0 Å². The first-order valence-corrected chi connectivity index (χ1v) is 1.54. The molecule has 2 nitrogen and oxygen atoms in total. The summed E-state index contributed by atoms with van der Waals surface area (Å²) in [6.45, 7) is 3.31. The second-order valence-corrected chi connectivity index (χ2v) is 1.03. The molecule has 0 bridgehead atoms. The zero-order chi connectivity index (χ0) is 4.57. The van der Waals surface area contributed by atoms with Crippen molar-refractivity contribution in [2.45, 2.75) is 0 Å². The Morgan fingerprint density at radius 3 is 2.33 bits per heavy atom. The number of ether oxygens (including phenoxy) is 1. The molecule has 1 aliphatic rings. The molecule has 1 heterocycles. The SMILES string of the molecule is C=C1[B]C(=O)O1. The summed E-state index contributed by atoms with van der Waals surface area (Å²) in [5.41, 5.74) is 0.458. The number of cyclic esters (lactones) is 1. The average molecular weight is 80.9 g/mol. The van der Waals surface area contributed by atoms with E-state index in [1.165, 1.54) is 7.28 Å². The lowest BCUT2D eigenvalue weighted by Gasteiger charge is -2.11. The van der Waals surface area contributed by atoms with Gasteiger partial charge in [0.05, 0.1) is 5.66 Å². The first-order chi connectivity index (χ1) is 2.79. The van der Waals surface area contributed by atoms with Crippen LogP contribution in [0.2, 0.25) is 0 Å². The first-order valence-electron chi connectivity index (χ1n) is 1.54. The Labute approximate surface area is 36.0 Å². The first kappa shape index (κ1) is 3.46. The highest BCUT2D eigenvalue weighted by atomic mass is 16.5. The molecule has 0 aromatic heterocycles. The zero-order valence-corrected chi connectivity index (χ0v) is 3.10. The maximum atomic E-state index is 9.77. The largest absolute Gasteiger partial charge is 0.450 e. The van der Waals surface area contributed by atoms with Crippen LogP contribution in [-0.2, 0) is 4.74 Å². The van der Waals surface area contributed by atoms with E-state index in [0.29, 0.717) is 5.66 Å². The minimum absolute atomic E-state index is 0.292. The van der Waals surface area contributed by atoms with Crippen LogP contribution >= 0.6 is 0 Å². The zero-order valence-electron chi connectivity index (χ0n) is 3.10. The third kappa shape index (κ3) is 0.320. The summed E-state index contributed by atoms with van der Waals surface area (Å²) in [4.78, 5) is 9.77. The third-order valence-corrected chi connectivity index (χ3v) is 0.511. The Bertz CT molecular complexity index is 85.4. The van der Waals surface area contributed by atoms with Gasteiger partial charge in [0.15, 0.2) is 0 Å². The van der Waals surface area contributed by atoms with Crippen LogP contribution in [0.1, 0.15) is 0 Å². The average Bonchev–Trinajstić information content (AvgIpc) is 1.33. The van der Waals surface area contributed by atoms with Gasteiger partial charge in [0.25, 0.3) is 5.87 Å². The molecule has 1 aliphatic heterocycles. The van der Waals surface area contributed by atoms with E-state index in [1.807, 2.05) is 0 Å². The van der Waals surface area contributed by atoms with E-state index in [-0.39, 0.29) is 5.87 Å². The van der Waals surface area contributed by atoms with Crippen molar-refractivity contribution in [2.75, 3.05) is 0 Å². The quantitative estimate of drug-likeness (QED) is 0.392. The molecule has 0 atom stereocenters. The van der Waals surface area contributed by atoms with E-state index in [9.17, 15) is 4.79 Å². The number of carbonyl (C=O) groups is 1. The van der Waals surface area contributed by atoms with Crippen LogP contribution < -0.4 is 0 Å². The highest BCUT2D eigenvalue weighted by molar-refractivity contribution is 6.82. The fourth-order valence-corrected chi connectivity index (χ4v) is 0.262. The number of rotatable bonds is 0. The van der Waals surface area contributed by atoms with Crippen molar-refractivity contribution in [3.8, 4) is 0 Å². The molecule has 29 valence electrons. The van der Waals surface area contributed by atoms with Gasteiger partial charge in [-0.15, -0.1) is 0 Å². The summed E-state index contributed by atoms with van der Waals surface area (Å²) in [5, 5.41) is 0. The Kier molecular flexibility index (Phi) is 0.500. The topological polar surface area (TPSA) is 26.3 Å². The van der Waals surface area contributed by atoms with Crippen molar-refractivity contribution >= 4 is 13.1 Å². The smallest absolute Gasteiger partial charge is 0.347 e. The molecule has 0 aromatic rings. The van der Waals surface area contributed by atoms with Gasteiger partial charge in [0.2, 0.25) is 0 Å². The summed E-state index contributed by atoms with van der Waals surface area (Å²) in [6.07, 6.45) is 0. The van der Waals surface area contributed by atoms with Crippen molar-refractivity contribution in [3.63, 3.8) is 0 Å². The minimum Gasteiger partial charge on any atom is -0.450 e. The van der Waals surface area contributed by atoms with Crippen LogP contribution in [0.3, 0.4) is 0 Å². The van der Waals surface area contributed by atoms with E-state index >= 15 is 0 Å². The summed E-state index contributed by atoms with van der Waals surface area (Å²) >= 11 is 0. The van der Waals surface area contributed by atoms with Gasteiger partial charge in [-0.2, -0.15) is 0 Å². The van der Waals surface area contributed by atoms with Crippen molar-refractivity contribution in [3.05, 3.63) is 12.2 Å². The van der Waals surface area contributed by atoms with Gasteiger partial charge in [-0.3, -0.25) is 4.79 Å². The predicted molar refractivity (Wildman–Crippen MR) is 21.4 cm³/mol. The third-order valence-electron chi connectivity index (χ3n) is 0.511. The van der Waals surface area contributed by atoms with Crippen molar-refractivity contribution in [1.82, 2.24) is 0 Å². The molecular weight excluding hydrogens is 78.8 g/mol. The lowest BCUT2D eigenvalue weighted by atomic mass is 9.72. The van der Waals surface area contributed by atoms with Gasteiger partial charge in [-0.1, -0.05) is 6.58 Å². The van der Waals surface area contributed by atoms with Gasteiger partial charge < -0.3 is 4.74 Å². The minimum atomic E-state index is -0.292. The van der Waals surface area contributed by atoms with Gasteiger partial charge >= 0.3 is 7.28 Å². The molecule has 6 heavy (non-hydrogen) atoms. The standard InChI is InChI=1S/C3H2BO2/c1-2-4-3(5)6-2/h1H2. The van der Waals surface area contributed by atoms with E-state index < -0.39 is 0 Å². The van der Waals surface area contributed by atoms with E-state index in [2.05, 4.69) is 11.3 Å². The van der Waals surface area contributed by atoms with Crippen molar-refractivity contribution in [2.24, 2.45) is 0 Å². The molecule has 1 fully saturated rings. The van der Waals surface area contributed by atoms with Gasteiger partial charge in [-0.25, -0.2) is 0 Å². The second kappa shape index (κ2) is 0.866. The Hall–Kier alpha value is -0.725. The second-order valence-electron chi connectivity index (χ2n) is 1.03. The Balaban J connectivity index is 2.47. The fourth-order valence-electron chi connectivity index (χ4n) is 0.262. The molecule has 0 saturated carbocycles. The summed E-state index contributed by atoms with van der Waals surface area (Å²) in [6, 6.07) is 0. The molecule has 1 rings (SSSR count). The van der Waals surface area contributed by atoms with Crippen LogP contribution in [0, 0.1) is 0 Å². The van der Waals surface area contributed by atoms with E-state index in [1.54, 1.807) is 0 Å². The molecule has 0 N–H and O–H groups in total. The lowest BCUT2D eigenvalue weighted by molar-refractivity contribution is 0.197. The Morgan fingerprint density at radius 2 is 2.33 bits per heavy atom. The number of hydrogen-bond donors (Lipinski definition) is 0. The summed E-state index contributed by atoms with van der Waals surface area (Å²) in [5.74, 6) is -0.292. The number of hydrogen-bond acceptors (Lipinski definition) is 2. The fraction of sp³-hybridized carbons (Fsp3) is 0. The van der Waals surface area contributed by atoms with Crippen LogP contribution in [0.5, 0.6) is 0 Å². The van der Waals surface area contributed by atoms with Crippen molar-refractivity contribution in [1.29, 1.82) is 0 Å². The maximum Gasteiger partial charge on any atom is 0.347 e. The van der Waals surface area contributed by atoms with E-state index in [4.69, 9.17) is 0 Å². The maximum absolute atomic E-state index is 9.77. The van der Waals surface area contributed by atoms with Crippen LogP contribution in [0.15, 0.2) is 12.2 Å².